The van der Waals surface area contributed by atoms with Gasteiger partial charge >= 0.3 is 5.97 Å². The first-order valence-corrected chi connectivity index (χ1v) is 9.92. The van der Waals surface area contributed by atoms with E-state index < -0.39 is 16.0 Å². The van der Waals surface area contributed by atoms with Crippen molar-refractivity contribution >= 4 is 21.7 Å². The van der Waals surface area contributed by atoms with E-state index in [4.69, 9.17) is 4.74 Å². The summed E-state index contributed by atoms with van der Waals surface area (Å²) in [6.45, 7) is 11.0. The van der Waals surface area contributed by atoms with Crippen LogP contribution in [0.15, 0.2) is 35.2 Å². The number of carbonyl (C=O) groups is 1. The van der Waals surface area contributed by atoms with Gasteiger partial charge in [0.2, 0.25) is 0 Å². The van der Waals surface area contributed by atoms with Crippen LogP contribution in [0, 0.1) is 27.7 Å². The molecule has 0 amide bonds. The van der Waals surface area contributed by atoms with Crippen LogP contribution in [0.25, 0.3) is 0 Å². The van der Waals surface area contributed by atoms with Crippen LogP contribution >= 0.6 is 0 Å². The van der Waals surface area contributed by atoms with Crippen LogP contribution in [-0.2, 0) is 14.8 Å². The molecule has 140 valence electrons. The fourth-order valence-corrected chi connectivity index (χ4v) is 4.42. The van der Waals surface area contributed by atoms with Crippen molar-refractivity contribution < 1.29 is 17.9 Å². The summed E-state index contributed by atoms with van der Waals surface area (Å²) in [5, 5.41) is 0. The molecule has 0 aromatic heterocycles. The molecule has 1 N–H and O–H groups in total. The monoisotopic (exact) mass is 375 g/mol. The van der Waals surface area contributed by atoms with Crippen molar-refractivity contribution in [3.8, 4) is 0 Å². The normalized spacial score (nSPS) is 11.5. The van der Waals surface area contributed by atoms with E-state index in [1.807, 2.05) is 19.9 Å². The molecule has 0 bridgehead atoms. The maximum absolute atomic E-state index is 12.9. The molecule has 2 rings (SSSR count). The van der Waals surface area contributed by atoms with Gasteiger partial charge in [-0.3, -0.25) is 4.72 Å². The second kappa shape index (κ2) is 7.50. The Balaban J connectivity index is 2.33. The van der Waals surface area contributed by atoms with Gasteiger partial charge in [-0.1, -0.05) is 6.07 Å². The van der Waals surface area contributed by atoms with Crippen molar-refractivity contribution in [2.24, 2.45) is 0 Å². The lowest BCUT2D eigenvalue weighted by Crippen LogP contribution is -2.17. The van der Waals surface area contributed by atoms with Crippen LogP contribution in [-0.4, -0.2) is 20.5 Å². The van der Waals surface area contributed by atoms with Gasteiger partial charge in [0, 0.05) is 5.69 Å². The third-order valence-electron chi connectivity index (χ3n) is 4.28. The van der Waals surface area contributed by atoms with Crippen LogP contribution in [0.4, 0.5) is 5.69 Å². The van der Waals surface area contributed by atoms with Crippen molar-refractivity contribution in [2.45, 2.75) is 52.5 Å². The zero-order valence-electron chi connectivity index (χ0n) is 16.0. The fourth-order valence-electron chi connectivity index (χ4n) is 2.75. The number of sulfonamides is 1. The van der Waals surface area contributed by atoms with E-state index in [2.05, 4.69) is 4.72 Å². The summed E-state index contributed by atoms with van der Waals surface area (Å²) in [6.07, 6.45) is -0.212. The van der Waals surface area contributed by atoms with E-state index in [0.717, 1.165) is 22.3 Å². The molecule has 26 heavy (non-hydrogen) atoms. The lowest BCUT2D eigenvalue weighted by Gasteiger charge is -2.17. The molecular formula is C20H25NO4S. The average molecular weight is 375 g/mol. The van der Waals surface area contributed by atoms with Crippen LogP contribution < -0.4 is 4.72 Å². The topological polar surface area (TPSA) is 72.5 Å². The molecule has 5 nitrogen and oxygen atoms in total. The minimum atomic E-state index is -3.74. The van der Waals surface area contributed by atoms with E-state index in [-0.39, 0.29) is 6.10 Å². The molecule has 0 unspecified atom stereocenters. The van der Waals surface area contributed by atoms with Crippen molar-refractivity contribution in [1.29, 1.82) is 0 Å². The number of nitrogens with one attached hydrogen (secondary N) is 1. The van der Waals surface area contributed by atoms with Crippen LogP contribution in [0.5, 0.6) is 0 Å². The van der Waals surface area contributed by atoms with Crippen LogP contribution in [0.3, 0.4) is 0 Å². The quantitative estimate of drug-likeness (QED) is 0.792. The maximum Gasteiger partial charge on any atom is 0.338 e. The highest BCUT2D eigenvalue weighted by Gasteiger charge is 2.22. The first kappa shape index (κ1) is 20.0. The molecule has 0 saturated carbocycles. The number of aryl methyl sites for hydroxylation is 2. The van der Waals surface area contributed by atoms with Gasteiger partial charge < -0.3 is 4.74 Å². The third-order valence-corrected chi connectivity index (χ3v) is 5.94. The Morgan fingerprint density at radius 3 is 1.92 bits per heavy atom. The van der Waals surface area contributed by atoms with E-state index in [1.54, 1.807) is 52.0 Å². The fraction of sp³-hybridized carbons (Fsp3) is 0.350. The summed E-state index contributed by atoms with van der Waals surface area (Å²) in [7, 11) is -3.74. The van der Waals surface area contributed by atoms with Gasteiger partial charge in [-0.2, -0.15) is 0 Å². The SMILES string of the molecule is Cc1cc(C)c(C)c(S(=O)(=O)Nc2ccc(C(=O)OC(C)C)cc2)c1C. The lowest BCUT2D eigenvalue weighted by atomic mass is 10.0. The molecule has 2 aromatic carbocycles. The maximum atomic E-state index is 12.9. The number of hydrogen-bond acceptors (Lipinski definition) is 4. The standard InChI is InChI=1S/C20H25NO4S/c1-12(2)25-20(22)17-7-9-18(10-8-17)21-26(23,24)19-15(5)13(3)11-14(4)16(19)6/h7-12,21H,1-6H3. The zero-order chi connectivity index (χ0) is 19.6. The highest BCUT2D eigenvalue weighted by molar-refractivity contribution is 7.92. The minimum absolute atomic E-state index is 0.212. The molecule has 0 aliphatic rings. The van der Waals surface area contributed by atoms with Crippen molar-refractivity contribution in [3.05, 3.63) is 58.1 Å². The van der Waals surface area contributed by atoms with E-state index >= 15 is 0 Å². The molecule has 0 atom stereocenters. The minimum Gasteiger partial charge on any atom is -0.459 e. The molecule has 0 aliphatic heterocycles. The molecule has 2 aromatic rings. The smallest absolute Gasteiger partial charge is 0.338 e. The summed E-state index contributed by atoms with van der Waals surface area (Å²) < 4.78 is 33.5. The molecule has 6 heteroatoms. The summed E-state index contributed by atoms with van der Waals surface area (Å²) in [5.41, 5.74) is 4.10. The first-order valence-electron chi connectivity index (χ1n) is 8.44. The molecule has 0 heterocycles. The highest BCUT2D eigenvalue weighted by atomic mass is 32.2. The van der Waals surface area contributed by atoms with Crippen molar-refractivity contribution in [3.63, 3.8) is 0 Å². The second-order valence-corrected chi connectivity index (χ2v) is 8.35. The number of rotatable bonds is 5. The molecule has 0 aliphatic carbocycles. The molecule has 0 radical (unpaired) electrons. The van der Waals surface area contributed by atoms with Gasteiger partial charge in [-0.05, 0) is 88.1 Å². The summed E-state index contributed by atoms with van der Waals surface area (Å²) in [4.78, 5) is 12.2. The summed E-state index contributed by atoms with van der Waals surface area (Å²) >= 11 is 0. The zero-order valence-corrected chi connectivity index (χ0v) is 16.8. The molecule has 0 saturated heterocycles. The Morgan fingerprint density at radius 2 is 1.46 bits per heavy atom. The summed E-state index contributed by atoms with van der Waals surface area (Å²) in [6, 6.07) is 8.19. The lowest BCUT2D eigenvalue weighted by molar-refractivity contribution is 0.0378. The summed E-state index contributed by atoms with van der Waals surface area (Å²) in [5.74, 6) is -0.435. The molecule has 0 fully saturated rings. The number of esters is 1. The van der Waals surface area contributed by atoms with Crippen molar-refractivity contribution in [1.82, 2.24) is 0 Å². The average Bonchev–Trinajstić information content (AvgIpc) is 2.52. The number of carbonyl (C=O) groups excluding carboxylic acids is 1. The predicted octanol–water partition coefficient (Wildman–Crippen LogP) is 4.29. The Labute approximate surface area is 155 Å². The molecular weight excluding hydrogens is 350 g/mol. The molecule has 0 spiro atoms. The number of anilines is 1. The van der Waals surface area contributed by atoms with E-state index in [0.29, 0.717) is 16.1 Å². The van der Waals surface area contributed by atoms with E-state index in [9.17, 15) is 13.2 Å². The first-order chi connectivity index (χ1) is 12.0. The Hall–Kier alpha value is -2.34. The number of benzene rings is 2. The Kier molecular flexibility index (Phi) is 5.76. The van der Waals surface area contributed by atoms with Crippen molar-refractivity contribution in [2.75, 3.05) is 4.72 Å². The number of hydrogen-bond donors (Lipinski definition) is 1. The largest absolute Gasteiger partial charge is 0.459 e. The van der Waals surface area contributed by atoms with Gasteiger partial charge in [-0.25, -0.2) is 13.2 Å². The van der Waals surface area contributed by atoms with Crippen LogP contribution in [0.1, 0.15) is 46.5 Å². The van der Waals surface area contributed by atoms with E-state index in [1.165, 1.54) is 0 Å². The predicted molar refractivity (Wildman–Crippen MR) is 103 cm³/mol. The van der Waals surface area contributed by atoms with Gasteiger partial charge in [0.15, 0.2) is 0 Å². The van der Waals surface area contributed by atoms with Gasteiger partial charge in [0.25, 0.3) is 10.0 Å². The van der Waals surface area contributed by atoms with Gasteiger partial charge in [-0.15, -0.1) is 0 Å². The Bertz CT molecular complexity index is 903. The van der Waals surface area contributed by atoms with Gasteiger partial charge in [0.05, 0.1) is 16.6 Å². The van der Waals surface area contributed by atoms with Gasteiger partial charge in [0.1, 0.15) is 0 Å². The number of ether oxygens (including phenoxy) is 1. The highest BCUT2D eigenvalue weighted by Crippen LogP contribution is 2.28. The Morgan fingerprint density at radius 1 is 0.962 bits per heavy atom. The third kappa shape index (κ3) is 4.25. The second-order valence-electron chi connectivity index (χ2n) is 6.73. The van der Waals surface area contributed by atoms with Crippen LogP contribution in [0.2, 0.25) is 0 Å².